The molecule has 2 heterocycles. The molecule has 2 N–H and O–H groups in total. The summed E-state index contributed by atoms with van der Waals surface area (Å²) in [7, 11) is 2.05. The van der Waals surface area contributed by atoms with Gasteiger partial charge in [-0.1, -0.05) is 6.07 Å². The highest BCUT2D eigenvalue weighted by Gasteiger charge is 2.10. The first-order chi connectivity index (χ1) is 7.24. The minimum atomic E-state index is 0.318. The van der Waals surface area contributed by atoms with E-state index in [2.05, 4.69) is 27.3 Å². The standard InChI is InChI=1S/C11H16N4/c1-9(8-12)14(2)11-5-3-4-10-13-6-7-15(10)11/h3-7,9H,8,12H2,1-2H3. The predicted octanol–water partition coefficient (Wildman–Crippen LogP) is 1.12. The van der Waals surface area contributed by atoms with Crippen LogP contribution in [0.25, 0.3) is 5.65 Å². The quantitative estimate of drug-likeness (QED) is 0.815. The second-order valence-electron chi connectivity index (χ2n) is 3.74. The van der Waals surface area contributed by atoms with Crippen LogP contribution >= 0.6 is 0 Å². The average Bonchev–Trinajstić information content (AvgIpc) is 2.74. The first-order valence-corrected chi connectivity index (χ1v) is 5.09. The molecule has 0 saturated carbocycles. The molecule has 2 aromatic heterocycles. The van der Waals surface area contributed by atoms with Crippen molar-refractivity contribution in [1.82, 2.24) is 9.38 Å². The zero-order valence-corrected chi connectivity index (χ0v) is 9.09. The van der Waals surface area contributed by atoms with Crippen LogP contribution in [0, 0.1) is 0 Å². The van der Waals surface area contributed by atoms with E-state index in [1.165, 1.54) is 0 Å². The summed E-state index contributed by atoms with van der Waals surface area (Å²) in [6, 6.07) is 6.39. The fourth-order valence-electron chi connectivity index (χ4n) is 1.60. The Morgan fingerprint density at radius 3 is 3.07 bits per heavy atom. The first-order valence-electron chi connectivity index (χ1n) is 5.09. The number of anilines is 1. The fourth-order valence-corrected chi connectivity index (χ4v) is 1.60. The largest absolute Gasteiger partial charge is 0.357 e. The van der Waals surface area contributed by atoms with Gasteiger partial charge in [-0.05, 0) is 19.1 Å². The topological polar surface area (TPSA) is 46.6 Å². The molecule has 2 aromatic rings. The number of pyridine rings is 1. The van der Waals surface area contributed by atoms with Gasteiger partial charge in [0.25, 0.3) is 0 Å². The average molecular weight is 204 g/mol. The van der Waals surface area contributed by atoms with Crippen LogP contribution in [0.5, 0.6) is 0 Å². The second-order valence-corrected chi connectivity index (χ2v) is 3.74. The van der Waals surface area contributed by atoms with Gasteiger partial charge in [-0.3, -0.25) is 4.40 Å². The summed E-state index contributed by atoms with van der Waals surface area (Å²) in [6.07, 6.45) is 3.77. The molecule has 4 heteroatoms. The molecular weight excluding hydrogens is 188 g/mol. The molecular formula is C11H16N4. The normalized spacial score (nSPS) is 13.0. The molecule has 80 valence electrons. The highest BCUT2D eigenvalue weighted by Crippen LogP contribution is 2.16. The second kappa shape index (κ2) is 3.90. The van der Waals surface area contributed by atoms with Gasteiger partial charge in [-0.2, -0.15) is 0 Å². The monoisotopic (exact) mass is 204 g/mol. The van der Waals surface area contributed by atoms with Crippen LogP contribution in [-0.2, 0) is 0 Å². The molecule has 0 saturated heterocycles. The summed E-state index contributed by atoms with van der Waals surface area (Å²) in [4.78, 5) is 6.41. The molecule has 0 aliphatic carbocycles. The number of hydrogen-bond acceptors (Lipinski definition) is 3. The van der Waals surface area contributed by atoms with E-state index in [9.17, 15) is 0 Å². The zero-order valence-electron chi connectivity index (χ0n) is 9.09. The van der Waals surface area contributed by atoms with Gasteiger partial charge in [0.2, 0.25) is 0 Å². The molecule has 0 aliphatic heterocycles. The van der Waals surface area contributed by atoms with Gasteiger partial charge >= 0.3 is 0 Å². The van der Waals surface area contributed by atoms with E-state index in [0.717, 1.165) is 11.5 Å². The highest BCUT2D eigenvalue weighted by atomic mass is 15.2. The molecule has 15 heavy (non-hydrogen) atoms. The first kappa shape index (κ1) is 9.98. The third-order valence-corrected chi connectivity index (χ3v) is 2.77. The lowest BCUT2D eigenvalue weighted by atomic mass is 10.3. The van der Waals surface area contributed by atoms with Crippen molar-refractivity contribution in [2.24, 2.45) is 5.73 Å². The number of nitrogens with zero attached hydrogens (tertiary/aromatic N) is 3. The van der Waals surface area contributed by atoms with Crippen molar-refractivity contribution in [3.8, 4) is 0 Å². The number of rotatable bonds is 3. The lowest BCUT2D eigenvalue weighted by Crippen LogP contribution is -2.36. The van der Waals surface area contributed by atoms with E-state index in [4.69, 9.17) is 5.73 Å². The maximum Gasteiger partial charge on any atom is 0.138 e. The van der Waals surface area contributed by atoms with Crippen molar-refractivity contribution in [3.63, 3.8) is 0 Å². The number of aromatic nitrogens is 2. The maximum atomic E-state index is 5.66. The van der Waals surface area contributed by atoms with E-state index in [1.54, 1.807) is 6.20 Å². The lowest BCUT2D eigenvalue weighted by Gasteiger charge is -2.26. The van der Waals surface area contributed by atoms with Crippen LogP contribution in [0.3, 0.4) is 0 Å². The van der Waals surface area contributed by atoms with Gasteiger partial charge in [-0.25, -0.2) is 4.98 Å². The smallest absolute Gasteiger partial charge is 0.138 e. The third kappa shape index (κ3) is 1.68. The van der Waals surface area contributed by atoms with Crippen molar-refractivity contribution in [3.05, 3.63) is 30.6 Å². The van der Waals surface area contributed by atoms with Crippen molar-refractivity contribution < 1.29 is 0 Å². The Morgan fingerprint density at radius 1 is 1.53 bits per heavy atom. The van der Waals surface area contributed by atoms with Crippen LogP contribution in [0.1, 0.15) is 6.92 Å². The number of imidazole rings is 1. The van der Waals surface area contributed by atoms with Crippen molar-refractivity contribution in [2.75, 3.05) is 18.5 Å². The predicted molar refractivity (Wildman–Crippen MR) is 62.1 cm³/mol. The number of nitrogens with two attached hydrogens (primary N) is 1. The molecule has 0 aliphatic rings. The molecule has 2 rings (SSSR count). The minimum absolute atomic E-state index is 0.318. The fraction of sp³-hybridized carbons (Fsp3) is 0.364. The van der Waals surface area contributed by atoms with Gasteiger partial charge < -0.3 is 10.6 Å². The molecule has 0 amide bonds. The summed E-state index contributed by atoms with van der Waals surface area (Å²) in [5, 5.41) is 0. The van der Waals surface area contributed by atoms with Crippen LogP contribution in [0.4, 0.5) is 5.82 Å². The summed E-state index contributed by atoms with van der Waals surface area (Å²) in [5.41, 5.74) is 6.62. The lowest BCUT2D eigenvalue weighted by molar-refractivity contribution is 0.684. The number of likely N-dealkylation sites (N-methyl/N-ethyl adjacent to an activating group) is 1. The van der Waals surface area contributed by atoms with E-state index in [0.29, 0.717) is 12.6 Å². The van der Waals surface area contributed by atoms with Crippen LogP contribution in [-0.4, -0.2) is 29.0 Å². The Kier molecular flexibility index (Phi) is 2.60. The molecule has 1 atom stereocenters. The Labute approximate surface area is 89.3 Å². The van der Waals surface area contributed by atoms with E-state index < -0.39 is 0 Å². The van der Waals surface area contributed by atoms with E-state index in [-0.39, 0.29) is 0 Å². The summed E-state index contributed by atoms with van der Waals surface area (Å²) < 4.78 is 2.06. The van der Waals surface area contributed by atoms with Gasteiger partial charge in [-0.15, -0.1) is 0 Å². The van der Waals surface area contributed by atoms with Crippen LogP contribution in [0.2, 0.25) is 0 Å². The molecule has 1 unspecified atom stereocenters. The van der Waals surface area contributed by atoms with Gasteiger partial charge in [0, 0.05) is 32.0 Å². The Morgan fingerprint density at radius 2 is 2.33 bits per heavy atom. The highest BCUT2D eigenvalue weighted by molar-refractivity contribution is 5.51. The van der Waals surface area contributed by atoms with Crippen molar-refractivity contribution >= 4 is 11.5 Å². The Hall–Kier alpha value is -1.55. The zero-order chi connectivity index (χ0) is 10.8. The van der Waals surface area contributed by atoms with E-state index in [1.807, 2.05) is 25.4 Å². The van der Waals surface area contributed by atoms with Crippen molar-refractivity contribution in [2.45, 2.75) is 13.0 Å². The van der Waals surface area contributed by atoms with Gasteiger partial charge in [0.05, 0.1) is 0 Å². The van der Waals surface area contributed by atoms with E-state index >= 15 is 0 Å². The Balaban J connectivity index is 2.46. The van der Waals surface area contributed by atoms with Gasteiger partial charge in [0.15, 0.2) is 0 Å². The minimum Gasteiger partial charge on any atom is -0.357 e. The summed E-state index contributed by atoms with van der Waals surface area (Å²) in [6.45, 7) is 2.75. The van der Waals surface area contributed by atoms with Gasteiger partial charge in [0.1, 0.15) is 11.5 Å². The SMILES string of the molecule is CC(CN)N(C)c1cccc2nccn12. The molecule has 4 nitrogen and oxygen atoms in total. The molecule has 0 fully saturated rings. The molecule has 0 bridgehead atoms. The van der Waals surface area contributed by atoms with Crippen molar-refractivity contribution in [1.29, 1.82) is 0 Å². The number of hydrogen-bond donors (Lipinski definition) is 1. The summed E-state index contributed by atoms with van der Waals surface area (Å²) in [5.74, 6) is 1.11. The molecule has 0 spiro atoms. The Bertz CT molecular complexity index is 449. The molecule has 0 radical (unpaired) electrons. The summed E-state index contributed by atoms with van der Waals surface area (Å²) >= 11 is 0. The van der Waals surface area contributed by atoms with Crippen LogP contribution < -0.4 is 10.6 Å². The third-order valence-electron chi connectivity index (χ3n) is 2.77. The maximum absolute atomic E-state index is 5.66. The molecule has 0 aromatic carbocycles. The number of fused-ring (bicyclic) bond motifs is 1. The van der Waals surface area contributed by atoms with Crippen LogP contribution in [0.15, 0.2) is 30.6 Å².